The second kappa shape index (κ2) is 9.12. The number of anilines is 2. The Bertz CT molecular complexity index is 1060. The van der Waals surface area contributed by atoms with Crippen LogP contribution in [0.15, 0.2) is 36.4 Å². The van der Waals surface area contributed by atoms with Crippen LogP contribution < -0.4 is 10.2 Å². The van der Waals surface area contributed by atoms with Gasteiger partial charge in [-0.25, -0.2) is 0 Å². The van der Waals surface area contributed by atoms with Crippen molar-refractivity contribution in [2.45, 2.75) is 27.2 Å². The highest BCUT2D eigenvalue weighted by Crippen LogP contribution is 2.25. The number of nitrogens with one attached hydrogen (secondary N) is 1. The third-order valence-electron chi connectivity index (χ3n) is 6.36. The van der Waals surface area contributed by atoms with Crippen molar-refractivity contribution in [3.63, 3.8) is 0 Å². The molecule has 7 heteroatoms. The van der Waals surface area contributed by atoms with Crippen LogP contribution in [0, 0.1) is 13.8 Å². The number of hydrogen-bond donors (Lipinski definition) is 1. The van der Waals surface area contributed by atoms with E-state index in [1.165, 1.54) is 0 Å². The second-order valence-electron chi connectivity index (χ2n) is 8.53. The first kappa shape index (κ1) is 22.0. The Hall–Kier alpha value is -3.19. The number of benzene rings is 2. The van der Waals surface area contributed by atoms with Crippen LogP contribution in [-0.4, -0.2) is 66.8 Å². The van der Waals surface area contributed by atoms with E-state index < -0.39 is 0 Å². The highest BCUT2D eigenvalue weighted by molar-refractivity contribution is 6.21. The largest absolute Gasteiger partial charge is 0.369 e. The highest BCUT2D eigenvalue weighted by Gasteiger charge is 2.35. The lowest BCUT2D eigenvalue weighted by atomic mass is 10.1. The fourth-order valence-corrected chi connectivity index (χ4v) is 4.34. The smallest absolute Gasteiger partial charge is 0.261 e. The second-order valence-corrected chi connectivity index (χ2v) is 8.53. The first-order valence-corrected chi connectivity index (χ1v) is 11.2. The number of fused-ring (bicyclic) bond motifs is 1. The van der Waals surface area contributed by atoms with Gasteiger partial charge in [-0.1, -0.05) is 18.6 Å². The zero-order chi connectivity index (χ0) is 22.8. The number of aryl methyl sites for hydroxylation is 2. The minimum Gasteiger partial charge on any atom is -0.369 e. The predicted molar refractivity (Wildman–Crippen MR) is 125 cm³/mol. The van der Waals surface area contributed by atoms with Crippen molar-refractivity contribution in [1.82, 2.24) is 9.80 Å². The van der Waals surface area contributed by atoms with E-state index in [-0.39, 0.29) is 30.7 Å². The number of likely N-dealkylation sites (N-methyl/N-ethyl adjacent to an activating group) is 1. The third kappa shape index (κ3) is 4.39. The van der Waals surface area contributed by atoms with Crippen molar-refractivity contribution in [1.29, 1.82) is 0 Å². The molecular weight excluding hydrogens is 404 g/mol. The summed E-state index contributed by atoms with van der Waals surface area (Å²) in [7, 11) is 0. The zero-order valence-corrected chi connectivity index (χ0v) is 19.0. The fourth-order valence-electron chi connectivity index (χ4n) is 4.34. The van der Waals surface area contributed by atoms with Crippen LogP contribution in [0.2, 0.25) is 0 Å². The number of piperazine rings is 1. The molecule has 2 aromatic carbocycles. The minimum absolute atomic E-state index is 0.0601. The van der Waals surface area contributed by atoms with Gasteiger partial charge in [-0.15, -0.1) is 0 Å². The van der Waals surface area contributed by atoms with Crippen molar-refractivity contribution in [2.75, 3.05) is 49.5 Å². The molecular formula is C25H30N4O3. The zero-order valence-electron chi connectivity index (χ0n) is 19.0. The molecule has 0 bridgehead atoms. The van der Waals surface area contributed by atoms with Gasteiger partial charge in [0.15, 0.2) is 0 Å². The summed E-state index contributed by atoms with van der Waals surface area (Å²) in [6.07, 6.45) is 0.0601. The summed E-state index contributed by atoms with van der Waals surface area (Å²) < 4.78 is 0. The summed E-state index contributed by atoms with van der Waals surface area (Å²) in [5.74, 6) is -0.878. The van der Waals surface area contributed by atoms with E-state index in [4.69, 9.17) is 0 Å². The first-order valence-electron chi connectivity index (χ1n) is 11.2. The van der Waals surface area contributed by atoms with Crippen molar-refractivity contribution < 1.29 is 14.4 Å². The Morgan fingerprint density at radius 2 is 1.66 bits per heavy atom. The van der Waals surface area contributed by atoms with Crippen LogP contribution in [0.4, 0.5) is 11.4 Å². The number of carbonyl (C=O) groups excluding carboxylic acids is 3. The van der Waals surface area contributed by atoms with Crippen molar-refractivity contribution >= 4 is 29.1 Å². The van der Waals surface area contributed by atoms with Gasteiger partial charge in [0.1, 0.15) is 0 Å². The molecule has 0 spiro atoms. The number of rotatable bonds is 6. The average Bonchev–Trinajstić information content (AvgIpc) is 3.02. The van der Waals surface area contributed by atoms with Crippen molar-refractivity contribution in [2.24, 2.45) is 0 Å². The normalized spacial score (nSPS) is 16.5. The molecule has 2 aliphatic heterocycles. The Labute approximate surface area is 189 Å². The van der Waals surface area contributed by atoms with Gasteiger partial charge in [0.05, 0.1) is 11.1 Å². The molecule has 0 radical (unpaired) electrons. The van der Waals surface area contributed by atoms with E-state index in [2.05, 4.69) is 28.1 Å². The minimum atomic E-state index is -0.332. The molecule has 1 fully saturated rings. The molecule has 0 aliphatic carbocycles. The topological polar surface area (TPSA) is 73.0 Å². The first-order chi connectivity index (χ1) is 15.4. The van der Waals surface area contributed by atoms with Crippen LogP contribution in [0.5, 0.6) is 0 Å². The standard InChI is InChI=1S/C25H30N4O3/c1-4-27-11-13-28(14-12-27)19-6-8-22(18(3)16-19)26-23(30)9-10-29-24(31)20-7-5-17(2)15-21(20)25(29)32/h5-8,15-16H,4,9-14H2,1-3H3,(H,26,30). The molecule has 168 valence electrons. The number of nitrogens with zero attached hydrogens (tertiary/aromatic N) is 3. The maximum atomic E-state index is 12.6. The molecule has 3 amide bonds. The van der Waals surface area contributed by atoms with Gasteiger partial charge in [0.2, 0.25) is 5.91 Å². The lowest BCUT2D eigenvalue weighted by Crippen LogP contribution is -2.46. The van der Waals surface area contributed by atoms with E-state index in [1.54, 1.807) is 12.1 Å². The predicted octanol–water partition coefficient (Wildman–Crippen LogP) is 3.07. The molecule has 1 N–H and O–H groups in total. The van der Waals surface area contributed by atoms with Crippen LogP contribution >= 0.6 is 0 Å². The molecule has 2 heterocycles. The molecule has 0 unspecified atom stereocenters. The van der Waals surface area contributed by atoms with E-state index in [1.807, 2.05) is 32.0 Å². The number of imide groups is 1. The van der Waals surface area contributed by atoms with Crippen LogP contribution in [0.1, 0.15) is 45.2 Å². The van der Waals surface area contributed by atoms with Gasteiger partial charge in [0.25, 0.3) is 11.8 Å². The molecule has 0 aromatic heterocycles. The van der Waals surface area contributed by atoms with Gasteiger partial charge in [0, 0.05) is 50.5 Å². The van der Waals surface area contributed by atoms with Gasteiger partial charge >= 0.3 is 0 Å². The SMILES string of the molecule is CCN1CCN(c2ccc(NC(=O)CCN3C(=O)c4ccc(C)cc4C3=O)c(C)c2)CC1. The van der Waals surface area contributed by atoms with Crippen LogP contribution in [-0.2, 0) is 4.79 Å². The number of hydrogen-bond acceptors (Lipinski definition) is 5. The molecule has 4 rings (SSSR count). The third-order valence-corrected chi connectivity index (χ3v) is 6.36. The average molecular weight is 435 g/mol. The summed E-state index contributed by atoms with van der Waals surface area (Å²) in [5, 5.41) is 2.93. The number of amides is 3. The van der Waals surface area contributed by atoms with E-state index in [0.717, 1.165) is 60.1 Å². The maximum Gasteiger partial charge on any atom is 0.261 e. The molecule has 0 saturated carbocycles. The summed E-state index contributed by atoms with van der Waals surface area (Å²) in [6, 6.07) is 11.3. The summed E-state index contributed by atoms with van der Waals surface area (Å²) in [4.78, 5) is 43.6. The van der Waals surface area contributed by atoms with E-state index >= 15 is 0 Å². The lowest BCUT2D eigenvalue weighted by Gasteiger charge is -2.35. The summed E-state index contributed by atoms with van der Waals surface area (Å²) in [6.45, 7) is 11.3. The molecule has 1 saturated heterocycles. The molecule has 2 aliphatic rings. The van der Waals surface area contributed by atoms with Crippen LogP contribution in [0.3, 0.4) is 0 Å². The van der Waals surface area contributed by atoms with E-state index in [0.29, 0.717) is 11.1 Å². The molecule has 32 heavy (non-hydrogen) atoms. The summed E-state index contributed by atoms with van der Waals surface area (Å²) in [5.41, 5.74) is 4.66. The Morgan fingerprint density at radius 3 is 2.34 bits per heavy atom. The molecule has 0 atom stereocenters. The monoisotopic (exact) mass is 434 g/mol. The highest BCUT2D eigenvalue weighted by atomic mass is 16.2. The maximum absolute atomic E-state index is 12.6. The molecule has 2 aromatic rings. The van der Waals surface area contributed by atoms with Gasteiger partial charge < -0.3 is 15.1 Å². The quantitative estimate of drug-likeness (QED) is 0.708. The van der Waals surface area contributed by atoms with Gasteiger partial charge in [-0.2, -0.15) is 0 Å². The van der Waals surface area contributed by atoms with Crippen molar-refractivity contribution in [3.05, 3.63) is 58.7 Å². The van der Waals surface area contributed by atoms with E-state index in [9.17, 15) is 14.4 Å². The summed E-state index contributed by atoms with van der Waals surface area (Å²) >= 11 is 0. The molecule has 7 nitrogen and oxygen atoms in total. The number of carbonyl (C=O) groups is 3. The van der Waals surface area contributed by atoms with Crippen molar-refractivity contribution in [3.8, 4) is 0 Å². The Morgan fingerprint density at radius 1 is 0.938 bits per heavy atom. The Kier molecular flexibility index (Phi) is 6.28. The van der Waals surface area contributed by atoms with Crippen LogP contribution in [0.25, 0.3) is 0 Å². The fraction of sp³-hybridized carbons (Fsp3) is 0.400. The van der Waals surface area contributed by atoms with Gasteiger partial charge in [-0.05, 0) is 56.3 Å². The lowest BCUT2D eigenvalue weighted by molar-refractivity contribution is -0.116. The van der Waals surface area contributed by atoms with Gasteiger partial charge in [-0.3, -0.25) is 19.3 Å². The Balaban J connectivity index is 1.34.